The molecule has 1 aromatic heterocycles. The molecule has 5 nitrogen and oxygen atoms in total. The molecule has 0 aliphatic carbocycles. The fraction of sp³-hybridized carbons (Fsp3) is 0.304. The van der Waals surface area contributed by atoms with Crippen LogP contribution in [0, 0.1) is 0 Å². The predicted octanol–water partition coefficient (Wildman–Crippen LogP) is 4.02. The van der Waals surface area contributed by atoms with Crippen molar-refractivity contribution in [3.05, 3.63) is 83.7 Å². The Morgan fingerprint density at radius 3 is 2.61 bits per heavy atom. The van der Waals surface area contributed by atoms with Gasteiger partial charge in [0.25, 0.3) is 0 Å². The van der Waals surface area contributed by atoms with Gasteiger partial charge in [-0.2, -0.15) is 0 Å². The van der Waals surface area contributed by atoms with Crippen LogP contribution in [0.15, 0.2) is 66.9 Å². The lowest BCUT2D eigenvalue weighted by atomic mass is 9.94. The Balaban J connectivity index is 1.32. The predicted molar refractivity (Wildman–Crippen MR) is 111 cm³/mol. The SMILES string of the molecule is Nc1nccc(C2CCCN(Cc3ccc(OCc4ccccc4)cc3)C2)n1. The zero-order chi connectivity index (χ0) is 19.2. The molecular formula is C23H26N4O. The van der Waals surface area contributed by atoms with Gasteiger partial charge in [-0.05, 0) is 48.7 Å². The largest absolute Gasteiger partial charge is 0.489 e. The third-order valence-electron chi connectivity index (χ3n) is 5.20. The van der Waals surface area contributed by atoms with E-state index in [9.17, 15) is 0 Å². The van der Waals surface area contributed by atoms with Gasteiger partial charge in [0.1, 0.15) is 12.4 Å². The molecule has 1 aliphatic heterocycles. The zero-order valence-corrected chi connectivity index (χ0v) is 16.0. The van der Waals surface area contributed by atoms with Crippen molar-refractivity contribution in [1.82, 2.24) is 14.9 Å². The molecule has 1 atom stereocenters. The summed E-state index contributed by atoms with van der Waals surface area (Å²) in [6, 6.07) is 20.7. The highest BCUT2D eigenvalue weighted by atomic mass is 16.5. The summed E-state index contributed by atoms with van der Waals surface area (Å²) >= 11 is 0. The Morgan fingerprint density at radius 2 is 1.82 bits per heavy atom. The van der Waals surface area contributed by atoms with E-state index < -0.39 is 0 Å². The van der Waals surface area contributed by atoms with E-state index in [1.165, 1.54) is 17.5 Å². The number of rotatable bonds is 6. The normalized spacial score (nSPS) is 17.4. The van der Waals surface area contributed by atoms with Crippen LogP contribution in [0.1, 0.15) is 35.6 Å². The summed E-state index contributed by atoms with van der Waals surface area (Å²) < 4.78 is 5.88. The second-order valence-corrected chi connectivity index (χ2v) is 7.33. The van der Waals surface area contributed by atoms with Crippen molar-refractivity contribution in [2.45, 2.75) is 31.9 Å². The summed E-state index contributed by atoms with van der Waals surface area (Å²) in [5.74, 6) is 1.69. The summed E-state index contributed by atoms with van der Waals surface area (Å²) in [4.78, 5) is 10.9. The minimum absolute atomic E-state index is 0.362. The van der Waals surface area contributed by atoms with Crippen molar-refractivity contribution in [2.24, 2.45) is 0 Å². The van der Waals surface area contributed by atoms with Crippen molar-refractivity contribution in [1.29, 1.82) is 0 Å². The van der Waals surface area contributed by atoms with E-state index in [0.29, 0.717) is 18.5 Å². The molecule has 3 aromatic rings. The van der Waals surface area contributed by atoms with Crippen LogP contribution in [0.5, 0.6) is 5.75 Å². The van der Waals surface area contributed by atoms with E-state index in [4.69, 9.17) is 10.5 Å². The van der Waals surface area contributed by atoms with E-state index in [2.05, 4.69) is 51.3 Å². The van der Waals surface area contributed by atoms with Crippen molar-refractivity contribution >= 4 is 5.95 Å². The molecule has 1 aliphatic rings. The molecule has 5 heteroatoms. The number of likely N-dealkylation sites (tertiary alicyclic amines) is 1. The van der Waals surface area contributed by atoms with Crippen molar-refractivity contribution < 1.29 is 4.74 Å². The number of hydrogen-bond donors (Lipinski definition) is 1. The molecule has 2 N–H and O–H groups in total. The van der Waals surface area contributed by atoms with Gasteiger partial charge < -0.3 is 10.5 Å². The van der Waals surface area contributed by atoms with Gasteiger partial charge in [-0.1, -0.05) is 42.5 Å². The summed E-state index contributed by atoms with van der Waals surface area (Å²) in [5, 5.41) is 0. The van der Waals surface area contributed by atoms with E-state index in [1.54, 1.807) is 6.20 Å². The number of ether oxygens (including phenoxy) is 1. The number of nitrogens with two attached hydrogens (primary N) is 1. The van der Waals surface area contributed by atoms with E-state index in [1.807, 2.05) is 24.3 Å². The van der Waals surface area contributed by atoms with Crippen LogP contribution in [0.2, 0.25) is 0 Å². The first-order valence-electron chi connectivity index (χ1n) is 9.83. The summed E-state index contributed by atoms with van der Waals surface area (Å²) in [5.41, 5.74) is 9.29. The van der Waals surface area contributed by atoms with Gasteiger partial charge in [-0.25, -0.2) is 9.97 Å². The smallest absolute Gasteiger partial charge is 0.220 e. The minimum Gasteiger partial charge on any atom is -0.489 e. The highest BCUT2D eigenvalue weighted by Gasteiger charge is 2.22. The molecule has 2 heterocycles. The standard InChI is InChI=1S/C23H26N4O/c24-23-25-13-12-22(26-23)20-7-4-14-27(16-20)15-18-8-10-21(11-9-18)28-17-19-5-2-1-3-6-19/h1-3,5-6,8-13,20H,4,7,14-17H2,(H2,24,25,26). The zero-order valence-electron chi connectivity index (χ0n) is 16.0. The number of piperidine rings is 1. The van der Waals surface area contributed by atoms with Crippen LogP contribution in [0.4, 0.5) is 5.95 Å². The van der Waals surface area contributed by atoms with Crippen LogP contribution >= 0.6 is 0 Å². The third-order valence-corrected chi connectivity index (χ3v) is 5.20. The maximum atomic E-state index is 5.88. The summed E-state index contributed by atoms with van der Waals surface area (Å²) in [7, 11) is 0. The molecule has 0 bridgehead atoms. The Morgan fingerprint density at radius 1 is 1.00 bits per heavy atom. The van der Waals surface area contributed by atoms with Crippen molar-refractivity contribution in [2.75, 3.05) is 18.8 Å². The van der Waals surface area contributed by atoms with Gasteiger partial charge in [-0.15, -0.1) is 0 Å². The molecular weight excluding hydrogens is 348 g/mol. The third kappa shape index (κ3) is 4.87. The van der Waals surface area contributed by atoms with Gasteiger partial charge in [-0.3, -0.25) is 4.90 Å². The fourth-order valence-electron chi connectivity index (χ4n) is 3.75. The number of anilines is 1. The Kier molecular flexibility index (Phi) is 5.83. The van der Waals surface area contributed by atoms with Gasteiger partial charge in [0.05, 0.1) is 5.69 Å². The first-order chi connectivity index (χ1) is 13.8. The summed E-state index contributed by atoms with van der Waals surface area (Å²) in [6.45, 7) is 3.65. The van der Waals surface area contributed by atoms with Gasteiger partial charge in [0.15, 0.2) is 0 Å². The lowest BCUT2D eigenvalue weighted by Gasteiger charge is -2.32. The lowest BCUT2D eigenvalue weighted by molar-refractivity contribution is 0.198. The molecule has 28 heavy (non-hydrogen) atoms. The van der Waals surface area contributed by atoms with E-state index in [0.717, 1.165) is 37.5 Å². The van der Waals surface area contributed by atoms with Crippen LogP contribution in [0.3, 0.4) is 0 Å². The quantitative estimate of drug-likeness (QED) is 0.706. The number of hydrogen-bond acceptors (Lipinski definition) is 5. The maximum Gasteiger partial charge on any atom is 0.220 e. The molecule has 4 rings (SSSR count). The number of nitrogen functional groups attached to an aromatic ring is 1. The van der Waals surface area contributed by atoms with Crippen LogP contribution < -0.4 is 10.5 Å². The van der Waals surface area contributed by atoms with Gasteiger partial charge >= 0.3 is 0 Å². The van der Waals surface area contributed by atoms with E-state index >= 15 is 0 Å². The van der Waals surface area contributed by atoms with Crippen molar-refractivity contribution in [3.63, 3.8) is 0 Å². The monoisotopic (exact) mass is 374 g/mol. The first kappa shape index (κ1) is 18.4. The highest BCUT2D eigenvalue weighted by Crippen LogP contribution is 2.27. The Bertz CT molecular complexity index is 883. The average molecular weight is 374 g/mol. The Labute approximate surface area is 166 Å². The maximum absolute atomic E-state index is 5.88. The molecule has 1 unspecified atom stereocenters. The van der Waals surface area contributed by atoms with Crippen LogP contribution in [0.25, 0.3) is 0 Å². The molecule has 0 saturated carbocycles. The van der Waals surface area contributed by atoms with Crippen LogP contribution in [-0.2, 0) is 13.2 Å². The molecule has 144 valence electrons. The van der Waals surface area contributed by atoms with Gasteiger partial charge in [0.2, 0.25) is 5.95 Å². The molecule has 0 spiro atoms. The molecule has 0 amide bonds. The molecule has 0 radical (unpaired) electrons. The second-order valence-electron chi connectivity index (χ2n) is 7.33. The molecule has 1 fully saturated rings. The second kappa shape index (κ2) is 8.85. The first-order valence-corrected chi connectivity index (χ1v) is 9.83. The number of nitrogens with zero attached hydrogens (tertiary/aromatic N) is 3. The van der Waals surface area contributed by atoms with E-state index in [-0.39, 0.29) is 0 Å². The average Bonchev–Trinajstić information content (AvgIpc) is 2.74. The van der Waals surface area contributed by atoms with Crippen LogP contribution in [-0.4, -0.2) is 28.0 Å². The Hall–Kier alpha value is -2.92. The summed E-state index contributed by atoms with van der Waals surface area (Å²) in [6.07, 6.45) is 4.08. The molecule has 1 saturated heterocycles. The number of aromatic nitrogens is 2. The topological polar surface area (TPSA) is 64.3 Å². The minimum atomic E-state index is 0.362. The lowest BCUT2D eigenvalue weighted by Crippen LogP contribution is -2.34. The number of benzene rings is 2. The fourth-order valence-corrected chi connectivity index (χ4v) is 3.75. The van der Waals surface area contributed by atoms with Gasteiger partial charge in [0, 0.05) is 25.2 Å². The molecule has 2 aromatic carbocycles. The highest BCUT2D eigenvalue weighted by molar-refractivity contribution is 5.28. The van der Waals surface area contributed by atoms with Crippen molar-refractivity contribution in [3.8, 4) is 5.75 Å².